The van der Waals surface area contributed by atoms with Gasteiger partial charge in [-0.05, 0) is 38.9 Å². The van der Waals surface area contributed by atoms with Crippen molar-refractivity contribution in [3.8, 4) is 0 Å². The Bertz CT molecular complexity index is 135. The van der Waals surface area contributed by atoms with Crippen LogP contribution < -0.4 is 0 Å². The van der Waals surface area contributed by atoms with E-state index in [-0.39, 0.29) is 0 Å². The van der Waals surface area contributed by atoms with E-state index in [0.29, 0.717) is 0 Å². The van der Waals surface area contributed by atoms with Crippen molar-refractivity contribution in [2.24, 2.45) is 10.9 Å². The van der Waals surface area contributed by atoms with Crippen LogP contribution >= 0.6 is 0 Å². The zero-order valence-corrected chi connectivity index (χ0v) is 8.21. The Balaban J connectivity index is 0.000000261. The van der Waals surface area contributed by atoms with E-state index in [1.807, 2.05) is 0 Å². The molecule has 0 spiro atoms. The van der Waals surface area contributed by atoms with Crippen molar-refractivity contribution in [3.63, 3.8) is 0 Å². The highest BCUT2D eigenvalue weighted by Crippen LogP contribution is 2.13. The number of piperidine rings is 1. The molecule has 1 rings (SSSR count). The molecule has 1 fully saturated rings. The molecule has 0 amide bonds. The highest BCUT2D eigenvalue weighted by atomic mass is 16.1. The summed E-state index contributed by atoms with van der Waals surface area (Å²) in [6, 6.07) is 0. The van der Waals surface area contributed by atoms with Crippen LogP contribution in [0.2, 0.25) is 0 Å². The Morgan fingerprint density at radius 2 is 1.83 bits per heavy atom. The standard InChI is InChI=1S/C7H15N.C2H3NO/c1-7-3-5-8(2)6-4-7;1-3-2-4/h7H,3-6H2,1-2H3;1H3. The predicted molar refractivity (Wildman–Crippen MR) is 49.9 cm³/mol. The summed E-state index contributed by atoms with van der Waals surface area (Å²) in [7, 11) is 3.58. The smallest absolute Gasteiger partial charge is 0.234 e. The predicted octanol–water partition coefficient (Wildman–Crippen LogP) is 1.30. The van der Waals surface area contributed by atoms with Crippen LogP contribution in [0.3, 0.4) is 0 Å². The summed E-state index contributed by atoms with van der Waals surface area (Å²) in [4.78, 5) is 14.2. The Morgan fingerprint density at radius 3 is 2.08 bits per heavy atom. The third-order valence-electron chi connectivity index (χ3n) is 2.10. The minimum atomic E-state index is 0.978. The summed E-state index contributed by atoms with van der Waals surface area (Å²) in [5, 5.41) is 0. The lowest BCUT2D eigenvalue weighted by molar-refractivity contribution is 0.230. The molecule has 0 aromatic carbocycles. The lowest BCUT2D eigenvalue weighted by Crippen LogP contribution is -2.28. The van der Waals surface area contributed by atoms with Gasteiger partial charge in [0.2, 0.25) is 6.08 Å². The van der Waals surface area contributed by atoms with Crippen molar-refractivity contribution in [3.05, 3.63) is 0 Å². The highest BCUT2D eigenvalue weighted by Gasteiger charge is 2.10. The number of nitrogens with zero attached hydrogens (tertiary/aromatic N) is 2. The summed E-state index contributed by atoms with van der Waals surface area (Å²) in [6.45, 7) is 4.95. The molecule has 0 aromatic heterocycles. The number of carbonyl (C=O) groups excluding carboxylic acids is 1. The molecule has 1 saturated heterocycles. The van der Waals surface area contributed by atoms with Gasteiger partial charge < -0.3 is 4.90 Å². The summed E-state index contributed by atoms with van der Waals surface area (Å²) in [5.74, 6) is 0.978. The Morgan fingerprint density at radius 1 is 1.42 bits per heavy atom. The lowest BCUT2D eigenvalue weighted by Gasteiger charge is -2.26. The number of hydrogen-bond acceptors (Lipinski definition) is 3. The fraction of sp³-hybridized carbons (Fsp3) is 0.889. The van der Waals surface area contributed by atoms with Crippen LogP contribution in [-0.2, 0) is 4.79 Å². The first-order valence-corrected chi connectivity index (χ1v) is 4.35. The topological polar surface area (TPSA) is 32.7 Å². The first kappa shape index (κ1) is 11.3. The van der Waals surface area contributed by atoms with Gasteiger partial charge >= 0.3 is 0 Å². The quantitative estimate of drug-likeness (QED) is 0.405. The van der Waals surface area contributed by atoms with Gasteiger partial charge in [-0.15, -0.1) is 0 Å². The van der Waals surface area contributed by atoms with Crippen molar-refractivity contribution in [1.29, 1.82) is 0 Å². The summed E-state index contributed by atoms with van der Waals surface area (Å²) >= 11 is 0. The monoisotopic (exact) mass is 170 g/mol. The van der Waals surface area contributed by atoms with E-state index in [1.54, 1.807) is 0 Å². The van der Waals surface area contributed by atoms with Gasteiger partial charge in [0, 0.05) is 7.05 Å². The third-order valence-corrected chi connectivity index (χ3v) is 2.10. The zero-order chi connectivity index (χ0) is 9.40. The molecule has 3 nitrogen and oxygen atoms in total. The molecule has 0 bridgehead atoms. The molecular weight excluding hydrogens is 152 g/mol. The summed E-state index contributed by atoms with van der Waals surface area (Å²) in [5.41, 5.74) is 0. The first-order chi connectivity index (χ1) is 5.70. The molecule has 0 aromatic rings. The number of aliphatic imine (C=N–C) groups is 1. The maximum Gasteiger partial charge on any atom is 0.234 e. The second-order valence-electron chi connectivity index (χ2n) is 3.30. The van der Waals surface area contributed by atoms with Gasteiger partial charge in [0.05, 0.1) is 0 Å². The number of rotatable bonds is 0. The van der Waals surface area contributed by atoms with Crippen molar-refractivity contribution in [1.82, 2.24) is 4.90 Å². The van der Waals surface area contributed by atoms with E-state index < -0.39 is 0 Å². The maximum absolute atomic E-state index is 8.88. The summed E-state index contributed by atoms with van der Waals surface area (Å²) in [6.07, 6.45) is 4.10. The molecule has 1 aliphatic heterocycles. The molecule has 1 aliphatic rings. The minimum Gasteiger partial charge on any atom is -0.306 e. The van der Waals surface area contributed by atoms with Gasteiger partial charge in [-0.2, -0.15) is 0 Å². The van der Waals surface area contributed by atoms with Gasteiger partial charge in [0.25, 0.3) is 0 Å². The number of likely N-dealkylation sites (tertiary alicyclic amines) is 1. The molecule has 0 aliphatic carbocycles. The van der Waals surface area contributed by atoms with Crippen molar-refractivity contribution in [2.75, 3.05) is 27.2 Å². The number of hydrogen-bond donors (Lipinski definition) is 0. The van der Waals surface area contributed by atoms with E-state index >= 15 is 0 Å². The highest BCUT2D eigenvalue weighted by molar-refractivity contribution is 5.32. The second kappa shape index (κ2) is 7.01. The van der Waals surface area contributed by atoms with Gasteiger partial charge in [0.1, 0.15) is 0 Å². The average Bonchev–Trinajstić information content (AvgIpc) is 2.11. The van der Waals surface area contributed by atoms with Gasteiger partial charge in [-0.25, -0.2) is 9.79 Å². The van der Waals surface area contributed by atoms with E-state index in [9.17, 15) is 0 Å². The molecule has 1 heterocycles. The fourth-order valence-electron chi connectivity index (χ4n) is 1.14. The van der Waals surface area contributed by atoms with Crippen LogP contribution in [0.15, 0.2) is 4.99 Å². The molecule has 0 saturated carbocycles. The van der Waals surface area contributed by atoms with Gasteiger partial charge in [-0.1, -0.05) is 6.92 Å². The van der Waals surface area contributed by atoms with Crippen LogP contribution in [0, 0.1) is 5.92 Å². The molecule has 3 heteroatoms. The second-order valence-corrected chi connectivity index (χ2v) is 3.30. The molecular formula is C9H18N2O. The van der Waals surface area contributed by atoms with Crippen molar-refractivity contribution >= 4 is 6.08 Å². The molecule has 0 atom stereocenters. The van der Waals surface area contributed by atoms with Gasteiger partial charge in [-0.3, -0.25) is 0 Å². The van der Waals surface area contributed by atoms with E-state index in [2.05, 4.69) is 23.9 Å². The molecule has 0 radical (unpaired) electrons. The van der Waals surface area contributed by atoms with Crippen LogP contribution in [0.25, 0.3) is 0 Å². The number of isocyanates is 1. The SMILES string of the molecule is CC1CCN(C)CC1.CN=C=O. The van der Waals surface area contributed by atoms with Crippen LogP contribution in [0.1, 0.15) is 19.8 Å². The van der Waals surface area contributed by atoms with Gasteiger partial charge in [0.15, 0.2) is 0 Å². The Kier molecular flexibility index (Phi) is 6.63. The van der Waals surface area contributed by atoms with E-state index in [1.165, 1.54) is 39.1 Å². The van der Waals surface area contributed by atoms with Crippen LogP contribution in [0.5, 0.6) is 0 Å². The minimum absolute atomic E-state index is 0.978. The molecule has 70 valence electrons. The third kappa shape index (κ3) is 6.08. The summed E-state index contributed by atoms with van der Waals surface area (Å²) < 4.78 is 0. The Labute approximate surface area is 74.5 Å². The zero-order valence-electron chi connectivity index (χ0n) is 8.21. The molecule has 12 heavy (non-hydrogen) atoms. The molecule has 0 unspecified atom stereocenters. The van der Waals surface area contributed by atoms with E-state index in [0.717, 1.165) is 5.92 Å². The van der Waals surface area contributed by atoms with E-state index in [4.69, 9.17) is 4.79 Å². The van der Waals surface area contributed by atoms with Crippen molar-refractivity contribution in [2.45, 2.75) is 19.8 Å². The molecule has 0 N–H and O–H groups in total. The average molecular weight is 170 g/mol. The van der Waals surface area contributed by atoms with Crippen LogP contribution in [0.4, 0.5) is 0 Å². The lowest BCUT2D eigenvalue weighted by atomic mass is 10.00. The fourth-order valence-corrected chi connectivity index (χ4v) is 1.14. The Hall–Kier alpha value is -0.660. The maximum atomic E-state index is 8.88. The van der Waals surface area contributed by atoms with Crippen molar-refractivity contribution < 1.29 is 4.79 Å². The first-order valence-electron chi connectivity index (χ1n) is 4.35. The largest absolute Gasteiger partial charge is 0.306 e. The normalized spacial score (nSPS) is 18.9. The van der Waals surface area contributed by atoms with Crippen LogP contribution in [-0.4, -0.2) is 38.2 Å².